The van der Waals surface area contributed by atoms with E-state index in [1.54, 1.807) is 12.3 Å². The molecule has 1 atom stereocenters. The molecule has 0 fully saturated rings. The first-order chi connectivity index (χ1) is 10.6. The molecule has 0 aliphatic carbocycles. The second kappa shape index (κ2) is 8.63. The number of aliphatic hydroxyl groups is 1. The average molecular weight is 321 g/mol. The molecular formula is C16H19NO4S. The third kappa shape index (κ3) is 5.93. The van der Waals surface area contributed by atoms with Gasteiger partial charge in [0.2, 0.25) is 5.91 Å². The number of nitrogens with one attached hydrogen (secondary N) is 1. The zero-order valence-electron chi connectivity index (χ0n) is 12.3. The first-order valence-electron chi connectivity index (χ1n) is 6.92. The van der Waals surface area contributed by atoms with Crippen molar-refractivity contribution in [2.24, 2.45) is 0 Å². The fourth-order valence-corrected chi connectivity index (χ4v) is 2.58. The van der Waals surface area contributed by atoms with Crippen LogP contribution < -0.4 is 5.32 Å². The van der Waals surface area contributed by atoms with Gasteiger partial charge in [0.05, 0.1) is 19.0 Å². The van der Waals surface area contributed by atoms with E-state index in [-0.39, 0.29) is 12.5 Å². The van der Waals surface area contributed by atoms with Crippen molar-refractivity contribution in [3.8, 4) is 0 Å². The Labute approximate surface area is 133 Å². The lowest BCUT2D eigenvalue weighted by atomic mass is 10.3. The van der Waals surface area contributed by atoms with Gasteiger partial charge in [-0.25, -0.2) is 0 Å². The van der Waals surface area contributed by atoms with Crippen LogP contribution in [0.15, 0.2) is 52.0 Å². The molecule has 2 aromatic rings. The normalized spacial score (nSPS) is 12.1. The van der Waals surface area contributed by atoms with Crippen LogP contribution in [-0.2, 0) is 16.1 Å². The molecule has 1 unspecified atom stereocenters. The van der Waals surface area contributed by atoms with Gasteiger partial charge in [0, 0.05) is 23.3 Å². The Kier molecular flexibility index (Phi) is 6.51. The number of amides is 1. The van der Waals surface area contributed by atoms with Crippen LogP contribution >= 0.6 is 11.8 Å². The van der Waals surface area contributed by atoms with Crippen LogP contribution in [0.5, 0.6) is 0 Å². The third-order valence-corrected chi connectivity index (χ3v) is 3.91. The Bertz CT molecular complexity index is 568. The van der Waals surface area contributed by atoms with Crippen LogP contribution in [-0.4, -0.2) is 29.5 Å². The van der Waals surface area contributed by atoms with E-state index in [4.69, 9.17) is 9.15 Å². The Morgan fingerprint density at radius 2 is 2.14 bits per heavy atom. The quantitative estimate of drug-likeness (QED) is 0.732. The number of aliphatic hydroxyl groups excluding tert-OH is 1. The predicted octanol–water partition coefficient (Wildman–Crippen LogP) is 2.91. The van der Waals surface area contributed by atoms with Gasteiger partial charge in [0.25, 0.3) is 0 Å². The number of carbonyl (C=O) groups excluding carboxylic acids is 1. The smallest absolute Gasteiger partial charge is 0.221 e. The summed E-state index contributed by atoms with van der Waals surface area (Å²) in [5, 5.41) is 12.6. The Balaban J connectivity index is 1.67. The number of ether oxygens (including phenoxy) is 1. The van der Waals surface area contributed by atoms with Crippen LogP contribution in [0.2, 0.25) is 0 Å². The fraction of sp³-hybridized carbons (Fsp3) is 0.312. The second-order valence-electron chi connectivity index (χ2n) is 4.76. The molecule has 0 saturated carbocycles. The summed E-state index contributed by atoms with van der Waals surface area (Å²) in [6.45, 7) is 2.10. The number of anilines is 1. The molecule has 2 rings (SSSR count). The maximum absolute atomic E-state index is 10.9. The van der Waals surface area contributed by atoms with E-state index in [1.165, 1.54) is 18.7 Å². The number of furan rings is 1. The molecule has 118 valence electrons. The van der Waals surface area contributed by atoms with Gasteiger partial charge in [-0.3, -0.25) is 4.79 Å². The molecule has 1 aromatic carbocycles. The lowest BCUT2D eigenvalue weighted by molar-refractivity contribution is -0.114. The first-order valence-corrected chi connectivity index (χ1v) is 7.90. The molecule has 0 bridgehead atoms. The third-order valence-electron chi connectivity index (χ3n) is 2.75. The predicted molar refractivity (Wildman–Crippen MR) is 85.8 cm³/mol. The molecule has 2 N–H and O–H groups in total. The van der Waals surface area contributed by atoms with Crippen LogP contribution in [0.1, 0.15) is 12.7 Å². The highest BCUT2D eigenvalue weighted by molar-refractivity contribution is 7.99. The van der Waals surface area contributed by atoms with Gasteiger partial charge in [-0.2, -0.15) is 0 Å². The highest BCUT2D eigenvalue weighted by Crippen LogP contribution is 2.21. The van der Waals surface area contributed by atoms with Gasteiger partial charge in [-0.15, -0.1) is 11.8 Å². The summed E-state index contributed by atoms with van der Waals surface area (Å²) in [7, 11) is 0. The van der Waals surface area contributed by atoms with Crippen molar-refractivity contribution in [2.45, 2.75) is 24.5 Å². The molecule has 1 amide bonds. The molecule has 0 aliphatic rings. The zero-order chi connectivity index (χ0) is 15.8. The van der Waals surface area contributed by atoms with Crippen LogP contribution in [0.3, 0.4) is 0 Å². The summed E-state index contributed by atoms with van der Waals surface area (Å²) in [6.07, 6.45) is 1.05. The zero-order valence-corrected chi connectivity index (χ0v) is 13.1. The van der Waals surface area contributed by atoms with Gasteiger partial charge in [0.15, 0.2) is 0 Å². The van der Waals surface area contributed by atoms with Crippen molar-refractivity contribution in [3.63, 3.8) is 0 Å². The van der Waals surface area contributed by atoms with Crippen molar-refractivity contribution < 1.29 is 19.1 Å². The van der Waals surface area contributed by atoms with Crippen LogP contribution in [0.25, 0.3) is 0 Å². The van der Waals surface area contributed by atoms with E-state index >= 15 is 0 Å². The second-order valence-corrected chi connectivity index (χ2v) is 5.86. The maximum Gasteiger partial charge on any atom is 0.221 e. The van der Waals surface area contributed by atoms with Crippen molar-refractivity contribution in [1.82, 2.24) is 0 Å². The molecular weight excluding hydrogens is 302 g/mol. The lowest BCUT2D eigenvalue weighted by Crippen LogP contribution is -2.17. The maximum atomic E-state index is 10.9. The van der Waals surface area contributed by atoms with E-state index < -0.39 is 6.10 Å². The SMILES string of the molecule is CC(=O)Nc1ccc(SCC(O)COCc2ccco2)cc1. The van der Waals surface area contributed by atoms with Crippen molar-refractivity contribution in [1.29, 1.82) is 0 Å². The van der Waals surface area contributed by atoms with Gasteiger partial charge in [0.1, 0.15) is 12.4 Å². The van der Waals surface area contributed by atoms with Crippen molar-refractivity contribution >= 4 is 23.4 Å². The summed E-state index contributed by atoms with van der Waals surface area (Å²) < 4.78 is 10.5. The number of rotatable bonds is 8. The van der Waals surface area contributed by atoms with E-state index in [2.05, 4.69) is 5.32 Å². The van der Waals surface area contributed by atoms with E-state index in [9.17, 15) is 9.90 Å². The largest absolute Gasteiger partial charge is 0.467 e. The highest BCUT2D eigenvalue weighted by atomic mass is 32.2. The average Bonchev–Trinajstić information content (AvgIpc) is 2.99. The lowest BCUT2D eigenvalue weighted by Gasteiger charge is -2.10. The minimum absolute atomic E-state index is 0.0930. The standard InChI is InChI=1S/C16H19NO4S/c1-12(18)17-13-4-6-16(7-5-13)22-11-14(19)9-20-10-15-3-2-8-21-15/h2-8,14,19H,9-11H2,1H3,(H,17,18). The van der Waals surface area contributed by atoms with Gasteiger partial charge in [-0.05, 0) is 36.4 Å². The van der Waals surface area contributed by atoms with Crippen molar-refractivity contribution in [3.05, 3.63) is 48.4 Å². The molecule has 0 radical (unpaired) electrons. The summed E-state index contributed by atoms with van der Waals surface area (Å²) >= 11 is 1.54. The summed E-state index contributed by atoms with van der Waals surface area (Å²) in [5.74, 6) is 1.19. The minimum atomic E-state index is -0.546. The fourth-order valence-electron chi connectivity index (χ4n) is 1.77. The van der Waals surface area contributed by atoms with Gasteiger partial charge < -0.3 is 19.6 Å². The molecule has 22 heavy (non-hydrogen) atoms. The number of hydrogen-bond acceptors (Lipinski definition) is 5. The molecule has 1 heterocycles. The molecule has 0 aliphatic heterocycles. The van der Waals surface area contributed by atoms with E-state index in [1.807, 2.05) is 30.3 Å². The van der Waals surface area contributed by atoms with Gasteiger partial charge >= 0.3 is 0 Å². The molecule has 5 nitrogen and oxygen atoms in total. The molecule has 0 spiro atoms. The minimum Gasteiger partial charge on any atom is -0.467 e. The first kappa shape index (κ1) is 16.6. The topological polar surface area (TPSA) is 71.7 Å². The van der Waals surface area contributed by atoms with Crippen LogP contribution in [0, 0.1) is 0 Å². The number of thioether (sulfide) groups is 1. The van der Waals surface area contributed by atoms with E-state index in [0.717, 1.165) is 16.3 Å². The molecule has 1 aromatic heterocycles. The van der Waals surface area contributed by atoms with Crippen molar-refractivity contribution in [2.75, 3.05) is 17.7 Å². The number of carbonyl (C=O) groups is 1. The number of hydrogen-bond donors (Lipinski definition) is 2. The monoisotopic (exact) mass is 321 g/mol. The summed E-state index contributed by atoms with van der Waals surface area (Å²) in [6, 6.07) is 11.1. The Hall–Kier alpha value is -1.76. The van der Waals surface area contributed by atoms with Crippen LogP contribution in [0.4, 0.5) is 5.69 Å². The summed E-state index contributed by atoms with van der Waals surface area (Å²) in [4.78, 5) is 12.0. The number of benzene rings is 1. The van der Waals surface area contributed by atoms with Gasteiger partial charge in [-0.1, -0.05) is 0 Å². The van der Waals surface area contributed by atoms with E-state index in [0.29, 0.717) is 12.4 Å². The molecule has 0 saturated heterocycles. The Morgan fingerprint density at radius 1 is 1.36 bits per heavy atom. The molecule has 6 heteroatoms. The Morgan fingerprint density at radius 3 is 2.77 bits per heavy atom. The highest BCUT2D eigenvalue weighted by Gasteiger charge is 2.06. The summed E-state index contributed by atoms with van der Waals surface area (Å²) in [5.41, 5.74) is 0.763.